The number of rotatable bonds is 12. The smallest absolute Gasteiger partial charge is 0.290 e. The van der Waals surface area contributed by atoms with Gasteiger partial charge in [0.15, 0.2) is 0 Å². The molecule has 1 aliphatic carbocycles. The van der Waals surface area contributed by atoms with Gasteiger partial charge in [0, 0.05) is 19.4 Å². The number of carbonyl (C=O) groups excluding carboxylic acids is 8. The summed E-state index contributed by atoms with van der Waals surface area (Å²) >= 11 is 0. The summed E-state index contributed by atoms with van der Waals surface area (Å²) in [5.41, 5.74) is 5.91. The predicted molar refractivity (Wildman–Crippen MR) is 201 cm³/mol. The molecule has 54 heavy (non-hydrogen) atoms. The van der Waals surface area contributed by atoms with Crippen molar-refractivity contribution in [3.8, 4) is 0 Å². The molecule has 2 aliphatic rings. The minimum absolute atomic E-state index is 0.0502. The maximum Gasteiger partial charge on any atom is 0.290 e. The van der Waals surface area contributed by atoms with E-state index in [0.717, 1.165) is 57.8 Å². The highest BCUT2D eigenvalue weighted by atomic mass is 16.2. The number of Topliss-reactive ketones (excluding diaryl/α,β-unsaturated/α-hetero) is 1. The lowest BCUT2D eigenvalue weighted by Gasteiger charge is -2.31. The molecule has 298 valence electrons. The zero-order chi connectivity index (χ0) is 39.3. The van der Waals surface area contributed by atoms with E-state index in [1.54, 1.807) is 37.3 Å². The van der Waals surface area contributed by atoms with Crippen molar-refractivity contribution in [2.24, 2.45) is 11.7 Å². The van der Waals surface area contributed by atoms with Crippen LogP contribution in [-0.2, 0) is 38.4 Å². The second kappa shape index (κ2) is 23.8. The summed E-state index contributed by atoms with van der Waals surface area (Å²) in [6.07, 6.45) is 10.9. The van der Waals surface area contributed by atoms with Gasteiger partial charge in [0.25, 0.3) is 5.91 Å². The van der Waals surface area contributed by atoms with E-state index in [4.69, 9.17) is 5.73 Å². The first kappa shape index (κ1) is 43.6. The van der Waals surface area contributed by atoms with Crippen molar-refractivity contribution in [2.75, 3.05) is 13.1 Å². The SMILES string of the molecule is CCCC(NC(=O)C1CCCCNC(=O)CCCCCCCC(=O)NC(C2CCCCC2)C(=O)N1)C(=O)C(=O)NCC(=O)NC(C(N)=O)c1ccccc1. The summed E-state index contributed by atoms with van der Waals surface area (Å²) < 4.78 is 0. The predicted octanol–water partition coefficient (Wildman–Crippen LogP) is 1.88. The fraction of sp³-hybridized carbons (Fsp3) is 0.641. The number of ketones is 1. The van der Waals surface area contributed by atoms with E-state index in [0.29, 0.717) is 44.2 Å². The van der Waals surface area contributed by atoms with Crippen LogP contribution >= 0.6 is 0 Å². The van der Waals surface area contributed by atoms with Crippen LogP contribution in [0.5, 0.6) is 0 Å². The molecule has 1 aromatic carbocycles. The molecule has 1 aliphatic heterocycles. The van der Waals surface area contributed by atoms with Crippen LogP contribution in [0.3, 0.4) is 0 Å². The number of hydrogen-bond donors (Lipinski definition) is 7. The number of nitrogens with one attached hydrogen (secondary N) is 6. The zero-order valence-electron chi connectivity index (χ0n) is 31.6. The van der Waals surface area contributed by atoms with Crippen LogP contribution in [-0.4, -0.2) is 78.3 Å². The van der Waals surface area contributed by atoms with Gasteiger partial charge in [-0.05, 0) is 62.8 Å². The molecule has 1 heterocycles. The molecule has 0 bridgehead atoms. The number of primary amides is 1. The summed E-state index contributed by atoms with van der Waals surface area (Å²) in [7, 11) is 0. The summed E-state index contributed by atoms with van der Waals surface area (Å²) in [5.74, 6) is -5.17. The lowest BCUT2D eigenvalue weighted by atomic mass is 9.83. The van der Waals surface area contributed by atoms with Crippen LogP contribution in [0.25, 0.3) is 0 Å². The van der Waals surface area contributed by atoms with Gasteiger partial charge in [0.2, 0.25) is 41.2 Å². The van der Waals surface area contributed by atoms with Crippen molar-refractivity contribution < 1.29 is 38.4 Å². The maximum atomic E-state index is 13.9. The van der Waals surface area contributed by atoms with Crippen molar-refractivity contribution in [3.63, 3.8) is 0 Å². The van der Waals surface area contributed by atoms with Gasteiger partial charge in [-0.15, -0.1) is 0 Å². The molecule has 2 fully saturated rings. The molecule has 0 radical (unpaired) electrons. The summed E-state index contributed by atoms with van der Waals surface area (Å²) in [5, 5.41) is 16.1. The molecule has 8 N–H and O–H groups in total. The Labute approximate surface area is 317 Å². The van der Waals surface area contributed by atoms with Crippen LogP contribution in [0.1, 0.15) is 128 Å². The van der Waals surface area contributed by atoms with E-state index >= 15 is 0 Å². The van der Waals surface area contributed by atoms with Gasteiger partial charge in [-0.1, -0.05) is 82.2 Å². The van der Waals surface area contributed by atoms with Crippen LogP contribution in [0.15, 0.2) is 30.3 Å². The first-order valence-corrected chi connectivity index (χ1v) is 19.6. The largest absolute Gasteiger partial charge is 0.368 e. The molecule has 3 rings (SSSR count). The quantitative estimate of drug-likeness (QED) is 0.155. The number of hydrogen-bond acceptors (Lipinski definition) is 8. The average Bonchev–Trinajstić information content (AvgIpc) is 3.16. The van der Waals surface area contributed by atoms with Crippen LogP contribution in [0.2, 0.25) is 0 Å². The third-order valence-electron chi connectivity index (χ3n) is 9.97. The zero-order valence-corrected chi connectivity index (χ0v) is 31.6. The van der Waals surface area contributed by atoms with Crippen LogP contribution < -0.4 is 37.6 Å². The fourth-order valence-electron chi connectivity index (χ4n) is 6.94. The van der Waals surface area contributed by atoms with Crippen molar-refractivity contribution >= 4 is 47.1 Å². The van der Waals surface area contributed by atoms with E-state index in [-0.39, 0.29) is 37.0 Å². The Morgan fingerprint density at radius 2 is 1.41 bits per heavy atom. The second-order valence-electron chi connectivity index (χ2n) is 14.3. The Morgan fingerprint density at radius 1 is 0.778 bits per heavy atom. The number of carbonyl (C=O) groups is 8. The van der Waals surface area contributed by atoms with E-state index in [9.17, 15) is 38.4 Å². The molecule has 0 aromatic heterocycles. The molecule has 1 aromatic rings. The third kappa shape index (κ3) is 15.3. The van der Waals surface area contributed by atoms with Crippen molar-refractivity contribution in [2.45, 2.75) is 140 Å². The van der Waals surface area contributed by atoms with Gasteiger partial charge in [0.1, 0.15) is 18.1 Å². The van der Waals surface area contributed by atoms with E-state index < -0.39 is 66.0 Å². The first-order valence-electron chi connectivity index (χ1n) is 19.6. The summed E-state index contributed by atoms with van der Waals surface area (Å²) in [6.45, 7) is 1.55. The van der Waals surface area contributed by atoms with Gasteiger partial charge in [0.05, 0.1) is 12.6 Å². The second-order valence-corrected chi connectivity index (χ2v) is 14.3. The van der Waals surface area contributed by atoms with Gasteiger partial charge in [-0.2, -0.15) is 0 Å². The minimum atomic E-state index is -1.25. The van der Waals surface area contributed by atoms with E-state index in [1.165, 1.54) is 0 Å². The highest BCUT2D eigenvalue weighted by molar-refractivity contribution is 6.38. The van der Waals surface area contributed by atoms with E-state index in [1.807, 2.05) is 0 Å². The van der Waals surface area contributed by atoms with Crippen molar-refractivity contribution in [1.82, 2.24) is 31.9 Å². The number of amides is 7. The molecule has 15 heteroatoms. The van der Waals surface area contributed by atoms with Crippen LogP contribution in [0, 0.1) is 5.92 Å². The maximum absolute atomic E-state index is 13.9. The molecule has 4 unspecified atom stereocenters. The Morgan fingerprint density at radius 3 is 2.07 bits per heavy atom. The average molecular weight is 754 g/mol. The van der Waals surface area contributed by atoms with E-state index in [2.05, 4.69) is 31.9 Å². The standard InChI is InChI=1S/C39H59N7O8/c1-2-16-28(35(50)39(54)42-25-32(49)46-33(36(40)51)26-17-8-6-9-18-26)43-37(52)29-21-14-15-24-41-30(47)22-12-4-3-5-13-23-31(48)45-34(38(53)44-29)27-19-10-7-11-20-27/h6,8-9,17-18,27-29,33-34H,2-5,7,10-16,19-25H2,1H3,(H2,40,51)(H,41,47)(H,42,54)(H,43,52)(H,44,53)(H,45,48)(H,46,49). The monoisotopic (exact) mass is 753 g/mol. The molecule has 1 saturated carbocycles. The third-order valence-corrected chi connectivity index (χ3v) is 9.97. The van der Waals surface area contributed by atoms with Crippen molar-refractivity contribution in [1.29, 1.82) is 0 Å². The molecule has 4 atom stereocenters. The molecular weight excluding hydrogens is 694 g/mol. The molecule has 1 saturated heterocycles. The summed E-state index contributed by atoms with van der Waals surface area (Å²) in [6, 6.07) is 3.98. The Hall–Kier alpha value is -4.82. The van der Waals surface area contributed by atoms with Gasteiger partial charge < -0.3 is 37.6 Å². The lowest BCUT2D eigenvalue weighted by Crippen LogP contribution is -2.58. The van der Waals surface area contributed by atoms with Crippen molar-refractivity contribution in [3.05, 3.63) is 35.9 Å². The Bertz CT molecular complexity index is 1430. The summed E-state index contributed by atoms with van der Waals surface area (Å²) in [4.78, 5) is 104. The lowest BCUT2D eigenvalue weighted by molar-refractivity contribution is -0.141. The first-order chi connectivity index (χ1) is 26.0. The Balaban J connectivity index is 1.71. The highest BCUT2D eigenvalue weighted by Gasteiger charge is 2.35. The minimum Gasteiger partial charge on any atom is -0.368 e. The topological polar surface area (TPSA) is 235 Å². The van der Waals surface area contributed by atoms with Gasteiger partial charge >= 0.3 is 0 Å². The molecule has 7 amide bonds. The Kier molecular flexibility index (Phi) is 19.2. The van der Waals surface area contributed by atoms with Gasteiger partial charge in [-0.25, -0.2) is 0 Å². The number of benzene rings is 1. The fourth-order valence-corrected chi connectivity index (χ4v) is 6.94. The molecule has 15 nitrogen and oxygen atoms in total. The highest BCUT2D eigenvalue weighted by Crippen LogP contribution is 2.27. The van der Waals surface area contributed by atoms with Crippen LogP contribution in [0.4, 0.5) is 0 Å². The molecular formula is C39H59N7O8. The normalized spacial score (nSPS) is 21.2. The number of nitrogens with two attached hydrogens (primary N) is 1. The molecule has 0 spiro atoms. The van der Waals surface area contributed by atoms with Gasteiger partial charge in [-0.3, -0.25) is 38.4 Å².